The average molecular weight is 448 g/mol. The highest BCUT2D eigenvalue weighted by molar-refractivity contribution is 6.30. The lowest BCUT2D eigenvalue weighted by molar-refractivity contribution is 0.0992. The standard InChI is InChI=1S/C25H22ClN3O3/c26-20-6-1-3-17(13-20)15-29-12-11-24(28-29)27-25(30)23-10-9-22(32-23)16-31-21-8-7-18-4-2-5-19(18)14-21/h1,3,6-14H,2,4-5,15-16H2,(H,27,28,30). The van der Waals surface area contributed by atoms with Crippen molar-refractivity contribution >= 4 is 23.3 Å². The molecule has 0 unspecified atom stereocenters. The molecule has 2 heterocycles. The fraction of sp³-hybridized carbons (Fsp3) is 0.200. The van der Waals surface area contributed by atoms with E-state index in [-0.39, 0.29) is 18.3 Å². The number of carbonyl (C=O) groups is 1. The number of benzene rings is 2. The van der Waals surface area contributed by atoms with Crippen LogP contribution in [0.2, 0.25) is 5.02 Å². The van der Waals surface area contributed by atoms with Gasteiger partial charge in [-0.3, -0.25) is 9.48 Å². The molecule has 0 atom stereocenters. The molecule has 0 aliphatic heterocycles. The second-order valence-electron chi connectivity index (χ2n) is 7.82. The highest BCUT2D eigenvalue weighted by atomic mass is 35.5. The second kappa shape index (κ2) is 8.93. The first-order chi connectivity index (χ1) is 15.6. The topological polar surface area (TPSA) is 69.3 Å². The van der Waals surface area contributed by atoms with Crippen LogP contribution in [0.15, 0.2) is 71.3 Å². The second-order valence-corrected chi connectivity index (χ2v) is 8.26. The predicted octanol–water partition coefficient (Wildman–Crippen LogP) is 5.50. The zero-order valence-corrected chi connectivity index (χ0v) is 18.1. The maximum atomic E-state index is 12.5. The molecule has 0 spiro atoms. The third-order valence-electron chi connectivity index (χ3n) is 5.45. The van der Waals surface area contributed by atoms with Gasteiger partial charge in [-0.05, 0) is 72.4 Å². The van der Waals surface area contributed by atoms with E-state index in [1.807, 2.05) is 30.3 Å². The van der Waals surface area contributed by atoms with E-state index in [0.717, 1.165) is 24.2 Å². The Morgan fingerprint density at radius 1 is 1.09 bits per heavy atom. The lowest BCUT2D eigenvalue weighted by Crippen LogP contribution is -2.12. The molecular weight excluding hydrogens is 426 g/mol. The quantitative estimate of drug-likeness (QED) is 0.406. The van der Waals surface area contributed by atoms with Gasteiger partial charge in [0.2, 0.25) is 0 Å². The zero-order chi connectivity index (χ0) is 21.9. The van der Waals surface area contributed by atoms with E-state index in [1.54, 1.807) is 29.1 Å². The number of ether oxygens (including phenoxy) is 1. The number of fused-ring (bicyclic) bond motifs is 1. The van der Waals surface area contributed by atoms with E-state index in [9.17, 15) is 4.79 Å². The molecular formula is C25H22ClN3O3. The third-order valence-corrected chi connectivity index (χ3v) is 5.69. The van der Waals surface area contributed by atoms with Gasteiger partial charge in [-0.1, -0.05) is 29.8 Å². The van der Waals surface area contributed by atoms with Gasteiger partial charge in [0.1, 0.15) is 18.1 Å². The molecule has 0 bridgehead atoms. The van der Waals surface area contributed by atoms with Gasteiger partial charge in [0.05, 0.1) is 6.54 Å². The maximum Gasteiger partial charge on any atom is 0.292 e. The molecule has 1 N–H and O–H groups in total. The number of halogens is 1. The molecule has 1 amide bonds. The van der Waals surface area contributed by atoms with E-state index >= 15 is 0 Å². The van der Waals surface area contributed by atoms with Gasteiger partial charge < -0.3 is 14.5 Å². The van der Waals surface area contributed by atoms with Crippen LogP contribution < -0.4 is 10.1 Å². The van der Waals surface area contributed by atoms with Crippen molar-refractivity contribution in [3.63, 3.8) is 0 Å². The summed E-state index contributed by atoms with van der Waals surface area (Å²) in [6.07, 6.45) is 5.25. The maximum absolute atomic E-state index is 12.5. The molecule has 5 rings (SSSR count). The first kappa shape index (κ1) is 20.4. The van der Waals surface area contributed by atoms with Crippen LogP contribution in [0.1, 0.15) is 39.4 Å². The number of rotatable bonds is 7. The van der Waals surface area contributed by atoms with Gasteiger partial charge in [-0.2, -0.15) is 5.10 Å². The van der Waals surface area contributed by atoms with Gasteiger partial charge in [0.15, 0.2) is 11.6 Å². The Labute approximate surface area is 190 Å². The van der Waals surface area contributed by atoms with Crippen molar-refractivity contribution in [2.75, 3.05) is 5.32 Å². The van der Waals surface area contributed by atoms with E-state index in [2.05, 4.69) is 22.5 Å². The monoisotopic (exact) mass is 447 g/mol. The highest BCUT2D eigenvalue weighted by Crippen LogP contribution is 2.26. The summed E-state index contributed by atoms with van der Waals surface area (Å²) in [5, 5.41) is 7.82. The highest BCUT2D eigenvalue weighted by Gasteiger charge is 2.14. The molecule has 7 heteroatoms. The number of anilines is 1. The van der Waals surface area contributed by atoms with E-state index < -0.39 is 0 Å². The van der Waals surface area contributed by atoms with Gasteiger partial charge in [-0.25, -0.2) is 0 Å². The largest absolute Gasteiger partial charge is 0.486 e. The first-order valence-electron chi connectivity index (χ1n) is 10.5. The van der Waals surface area contributed by atoms with Crippen LogP contribution in [-0.4, -0.2) is 15.7 Å². The molecule has 0 saturated heterocycles. The number of nitrogens with one attached hydrogen (secondary N) is 1. The van der Waals surface area contributed by atoms with Gasteiger partial charge in [0.25, 0.3) is 5.91 Å². The Morgan fingerprint density at radius 3 is 2.91 bits per heavy atom. The van der Waals surface area contributed by atoms with Crippen LogP contribution in [0.3, 0.4) is 0 Å². The van der Waals surface area contributed by atoms with Crippen LogP contribution in [0.25, 0.3) is 0 Å². The van der Waals surface area contributed by atoms with Gasteiger partial charge in [0, 0.05) is 17.3 Å². The van der Waals surface area contributed by atoms with Crippen molar-refractivity contribution in [1.82, 2.24) is 9.78 Å². The van der Waals surface area contributed by atoms with Crippen LogP contribution in [0.4, 0.5) is 5.82 Å². The zero-order valence-electron chi connectivity index (χ0n) is 17.4. The summed E-state index contributed by atoms with van der Waals surface area (Å²) >= 11 is 6.03. The molecule has 2 aromatic carbocycles. The fourth-order valence-electron chi connectivity index (χ4n) is 3.89. The first-order valence-corrected chi connectivity index (χ1v) is 10.9. The van der Waals surface area contributed by atoms with Crippen LogP contribution in [0.5, 0.6) is 5.75 Å². The molecule has 6 nitrogen and oxygen atoms in total. The van der Waals surface area contributed by atoms with E-state index in [1.165, 1.54) is 17.5 Å². The number of nitrogens with zero attached hydrogens (tertiary/aromatic N) is 2. The van der Waals surface area contributed by atoms with Crippen molar-refractivity contribution in [3.8, 4) is 5.75 Å². The molecule has 0 fully saturated rings. The number of carbonyl (C=O) groups excluding carboxylic acids is 1. The summed E-state index contributed by atoms with van der Waals surface area (Å²) in [4.78, 5) is 12.5. The molecule has 1 aliphatic carbocycles. The molecule has 2 aromatic heterocycles. The summed E-state index contributed by atoms with van der Waals surface area (Å²) in [6, 6.07) is 18.9. The van der Waals surface area contributed by atoms with Crippen molar-refractivity contribution in [2.24, 2.45) is 0 Å². The van der Waals surface area contributed by atoms with Crippen molar-refractivity contribution in [1.29, 1.82) is 0 Å². The summed E-state index contributed by atoms with van der Waals surface area (Å²) in [7, 11) is 0. The smallest absolute Gasteiger partial charge is 0.292 e. The Bertz CT molecular complexity index is 1260. The average Bonchev–Trinajstić information content (AvgIpc) is 3.53. The molecule has 162 valence electrons. The molecule has 32 heavy (non-hydrogen) atoms. The number of aryl methyl sites for hydroxylation is 2. The lowest BCUT2D eigenvalue weighted by Gasteiger charge is -2.06. The Hall–Kier alpha value is -3.51. The van der Waals surface area contributed by atoms with Crippen LogP contribution in [-0.2, 0) is 26.0 Å². The Morgan fingerprint density at radius 2 is 2.00 bits per heavy atom. The van der Waals surface area contributed by atoms with Crippen LogP contribution in [0, 0.1) is 0 Å². The minimum Gasteiger partial charge on any atom is -0.486 e. The van der Waals surface area contributed by atoms with Crippen molar-refractivity contribution in [2.45, 2.75) is 32.4 Å². The van der Waals surface area contributed by atoms with E-state index in [4.69, 9.17) is 20.8 Å². The minimum absolute atomic E-state index is 0.210. The van der Waals surface area contributed by atoms with Gasteiger partial charge >= 0.3 is 0 Å². The summed E-state index contributed by atoms with van der Waals surface area (Å²) in [5.41, 5.74) is 3.79. The number of hydrogen-bond acceptors (Lipinski definition) is 4. The van der Waals surface area contributed by atoms with E-state index in [0.29, 0.717) is 23.1 Å². The molecule has 0 saturated carbocycles. The third kappa shape index (κ3) is 4.70. The summed E-state index contributed by atoms with van der Waals surface area (Å²) in [6.45, 7) is 0.821. The lowest BCUT2D eigenvalue weighted by atomic mass is 10.1. The number of aromatic nitrogens is 2. The predicted molar refractivity (Wildman–Crippen MR) is 122 cm³/mol. The Kier molecular flexibility index (Phi) is 5.69. The van der Waals surface area contributed by atoms with Gasteiger partial charge in [-0.15, -0.1) is 0 Å². The van der Waals surface area contributed by atoms with Crippen molar-refractivity contribution in [3.05, 3.63) is 100 Å². The number of furan rings is 1. The Balaban J connectivity index is 1.17. The van der Waals surface area contributed by atoms with Crippen molar-refractivity contribution < 1.29 is 13.9 Å². The molecule has 1 aliphatic rings. The summed E-state index contributed by atoms with van der Waals surface area (Å²) < 4.78 is 13.2. The van der Waals surface area contributed by atoms with Crippen LogP contribution >= 0.6 is 11.6 Å². The molecule has 4 aromatic rings. The number of hydrogen-bond donors (Lipinski definition) is 1. The normalized spacial score (nSPS) is 12.5. The fourth-order valence-corrected chi connectivity index (χ4v) is 4.10. The number of amides is 1. The minimum atomic E-state index is -0.359. The molecule has 0 radical (unpaired) electrons. The summed E-state index contributed by atoms with van der Waals surface area (Å²) in [5.74, 6) is 1.70. The SMILES string of the molecule is O=C(Nc1ccn(Cc2cccc(Cl)c2)n1)c1ccc(COc2ccc3c(c2)CCC3)o1.